The second-order valence-corrected chi connectivity index (χ2v) is 5.71. The molecule has 2 heterocycles. The number of fused-ring (bicyclic) bond motifs is 1. The highest BCUT2D eigenvalue weighted by molar-refractivity contribution is 5.35. The van der Waals surface area contributed by atoms with Crippen molar-refractivity contribution >= 4 is 0 Å². The van der Waals surface area contributed by atoms with Crippen LogP contribution < -0.4 is 4.74 Å². The van der Waals surface area contributed by atoms with Crippen LogP contribution in [-0.4, -0.2) is 31.1 Å². The van der Waals surface area contributed by atoms with E-state index in [1.807, 2.05) is 6.07 Å². The van der Waals surface area contributed by atoms with Crippen molar-refractivity contribution in [1.82, 2.24) is 4.98 Å². The summed E-state index contributed by atoms with van der Waals surface area (Å²) < 4.78 is 16.9. The second-order valence-electron chi connectivity index (χ2n) is 5.71. The van der Waals surface area contributed by atoms with E-state index in [-0.39, 0.29) is 5.41 Å². The van der Waals surface area contributed by atoms with E-state index in [2.05, 4.69) is 24.9 Å². The van der Waals surface area contributed by atoms with Gasteiger partial charge in [-0.25, -0.2) is 4.98 Å². The molecule has 98 valence electrons. The van der Waals surface area contributed by atoms with Crippen LogP contribution in [0.3, 0.4) is 0 Å². The Balaban J connectivity index is 2.04. The summed E-state index contributed by atoms with van der Waals surface area (Å²) in [7, 11) is 1.65. The molecule has 4 nitrogen and oxygen atoms in total. The van der Waals surface area contributed by atoms with E-state index in [9.17, 15) is 0 Å². The van der Waals surface area contributed by atoms with Crippen LogP contribution in [0.5, 0.6) is 5.88 Å². The lowest BCUT2D eigenvalue weighted by Crippen LogP contribution is -2.45. The minimum atomic E-state index is -0.438. The fourth-order valence-corrected chi connectivity index (χ4v) is 3.12. The molecule has 1 aliphatic heterocycles. The Morgan fingerprint density at radius 1 is 1.22 bits per heavy atom. The third-order valence-electron chi connectivity index (χ3n) is 3.79. The van der Waals surface area contributed by atoms with Crippen molar-refractivity contribution in [3.05, 3.63) is 23.4 Å². The number of aromatic nitrogens is 1. The van der Waals surface area contributed by atoms with Gasteiger partial charge < -0.3 is 14.2 Å². The average Bonchev–Trinajstić information content (AvgIpc) is 2.75. The van der Waals surface area contributed by atoms with Crippen LogP contribution in [0.1, 0.15) is 31.5 Å². The first-order valence-electron chi connectivity index (χ1n) is 6.37. The highest BCUT2D eigenvalue weighted by Crippen LogP contribution is 2.44. The van der Waals surface area contributed by atoms with Gasteiger partial charge in [0, 0.05) is 24.3 Å². The zero-order valence-electron chi connectivity index (χ0n) is 11.2. The first-order chi connectivity index (χ1) is 8.55. The SMILES string of the molecule is COc1ccc2c(n1)C(C)(C)CC1(C2)OCCO1. The Hall–Kier alpha value is -1.13. The first kappa shape index (κ1) is 11.9. The number of nitrogens with zero attached hydrogens (tertiary/aromatic N) is 1. The average molecular weight is 249 g/mol. The molecule has 0 unspecified atom stereocenters. The number of rotatable bonds is 1. The molecule has 0 radical (unpaired) electrons. The highest BCUT2D eigenvalue weighted by Gasteiger charge is 2.47. The number of hydrogen-bond acceptors (Lipinski definition) is 4. The monoisotopic (exact) mass is 249 g/mol. The number of ether oxygens (including phenoxy) is 3. The van der Waals surface area contributed by atoms with Crippen LogP contribution >= 0.6 is 0 Å². The van der Waals surface area contributed by atoms with Crippen molar-refractivity contribution in [1.29, 1.82) is 0 Å². The van der Waals surface area contributed by atoms with Gasteiger partial charge in [-0.15, -0.1) is 0 Å². The van der Waals surface area contributed by atoms with Crippen LogP contribution in [0.25, 0.3) is 0 Å². The second kappa shape index (κ2) is 3.93. The quantitative estimate of drug-likeness (QED) is 0.764. The van der Waals surface area contributed by atoms with E-state index >= 15 is 0 Å². The Bertz CT molecular complexity index is 464. The van der Waals surface area contributed by atoms with E-state index in [1.165, 1.54) is 5.56 Å². The van der Waals surface area contributed by atoms with Crippen molar-refractivity contribution in [2.45, 2.75) is 37.9 Å². The summed E-state index contributed by atoms with van der Waals surface area (Å²) >= 11 is 0. The highest BCUT2D eigenvalue weighted by atomic mass is 16.7. The Kier molecular flexibility index (Phi) is 2.61. The third kappa shape index (κ3) is 1.80. The van der Waals surface area contributed by atoms with Crippen molar-refractivity contribution in [2.75, 3.05) is 20.3 Å². The predicted octanol–water partition coefficient (Wildman–Crippen LogP) is 2.06. The summed E-state index contributed by atoms with van der Waals surface area (Å²) in [5.41, 5.74) is 2.24. The molecule has 1 aromatic rings. The summed E-state index contributed by atoms with van der Waals surface area (Å²) in [6.45, 7) is 5.75. The molecule has 0 amide bonds. The lowest BCUT2D eigenvalue weighted by atomic mass is 9.73. The summed E-state index contributed by atoms with van der Waals surface area (Å²) in [6, 6.07) is 3.98. The smallest absolute Gasteiger partial charge is 0.213 e. The van der Waals surface area contributed by atoms with E-state index < -0.39 is 5.79 Å². The molecule has 0 bridgehead atoms. The van der Waals surface area contributed by atoms with Crippen molar-refractivity contribution in [3.8, 4) is 5.88 Å². The maximum Gasteiger partial charge on any atom is 0.213 e. The summed E-state index contributed by atoms with van der Waals surface area (Å²) in [5, 5.41) is 0. The van der Waals surface area contributed by atoms with Gasteiger partial charge in [0.25, 0.3) is 0 Å². The molecule has 3 rings (SSSR count). The molecule has 18 heavy (non-hydrogen) atoms. The van der Waals surface area contributed by atoms with Gasteiger partial charge in [-0.2, -0.15) is 0 Å². The molecule has 1 spiro atoms. The van der Waals surface area contributed by atoms with Gasteiger partial charge in [0.2, 0.25) is 5.88 Å². The third-order valence-corrected chi connectivity index (χ3v) is 3.79. The van der Waals surface area contributed by atoms with Gasteiger partial charge >= 0.3 is 0 Å². The fraction of sp³-hybridized carbons (Fsp3) is 0.643. The van der Waals surface area contributed by atoms with Crippen LogP contribution in [-0.2, 0) is 21.3 Å². The van der Waals surface area contributed by atoms with Gasteiger partial charge in [-0.05, 0) is 5.56 Å². The van der Waals surface area contributed by atoms with Gasteiger partial charge in [0.1, 0.15) is 0 Å². The first-order valence-corrected chi connectivity index (χ1v) is 6.37. The number of methoxy groups -OCH3 is 1. The Morgan fingerprint density at radius 2 is 1.94 bits per heavy atom. The predicted molar refractivity (Wildman–Crippen MR) is 66.8 cm³/mol. The summed E-state index contributed by atoms with van der Waals surface area (Å²) in [4.78, 5) is 4.61. The molecule has 1 saturated heterocycles. The molecule has 1 aliphatic carbocycles. The number of hydrogen-bond donors (Lipinski definition) is 0. The standard InChI is InChI=1S/C14H19NO3/c1-13(2)9-14(17-6-7-18-14)8-10-4-5-11(16-3)15-12(10)13/h4-5H,6-9H2,1-3H3. The van der Waals surface area contributed by atoms with Gasteiger partial charge in [0.15, 0.2) is 5.79 Å². The topological polar surface area (TPSA) is 40.6 Å². The van der Waals surface area contributed by atoms with E-state index in [1.54, 1.807) is 7.11 Å². The molecule has 0 aromatic carbocycles. The largest absolute Gasteiger partial charge is 0.481 e. The maximum atomic E-state index is 5.85. The maximum absolute atomic E-state index is 5.85. The normalized spacial score (nSPS) is 23.9. The fourth-order valence-electron chi connectivity index (χ4n) is 3.12. The molecule has 0 N–H and O–H groups in total. The van der Waals surface area contributed by atoms with Crippen LogP contribution in [0.15, 0.2) is 12.1 Å². The van der Waals surface area contributed by atoms with Gasteiger partial charge in [-0.1, -0.05) is 19.9 Å². The van der Waals surface area contributed by atoms with Crippen LogP contribution in [0, 0.1) is 0 Å². The van der Waals surface area contributed by atoms with E-state index in [0.717, 1.165) is 18.5 Å². The Morgan fingerprint density at radius 3 is 2.61 bits per heavy atom. The van der Waals surface area contributed by atoms with E-state index in [0.29, 0.717) is 19.1 Å². The minimum absolute atomic E-state index is 0.0630. The van der Waals surface area contributed by atoms with E-state index in [4.69, 9.17) is 14.2 Å². The molecule has 2 aliphatic rings. The molecule has 4 heteroatoms. The van der Waals surface area contributed by atoms with Gasteiger partial charge in [-0.3, -0.25) is 0 Å². The van der Waals surface area contributed by atoms with Crippen LogP contribution in [0.4, 0.5) is 0 Å². The molecule has 1 fully saturated rings. The molecular weight excluding hydrogens is 230 g/mol. The summed E-state index contributed by atoms with van der Waals surface area (Å²) in [5.74, 6) is 0.235. The molecule has 1 aromatic heterocycles. The van der Waals surface area contributed by atoms with Crippen LogP contribution in [0.2, 0.25) is 0 Å². The number of pyridine rings is 1. The zero-order chi connectivity index (χ0) is 12.8. The molecule has 0 atom stereocenters. The summed E-state index contributed by atoms with van der Waals surface area (Å²) in [6.07, 6.45) is 1.62. The van der Waals surface area contributed by atoms with Gasteiger partial charge in [0.05, 0.1) is 26.0 Å². The zero-order valence-corrected chi connectivity index (χ0v) is 11.2. The molecule has 0 saturated carbocycles. The molecular formula is C14H19NO3. The van der Waals surface area contributed by atoms with Crippen molar-refractivity contribution in [3.63, 3.8) is 0 Å². The minimum Gasteiger partial charge on any atom is -0.481 e. The lowest BCUT2D eigenvalue weighted by molar-refractivity contribution is -0.175. The van der Waals surface area contributed by atoms with Crippen molar-refractivity contribution < 1.29 is 14.2 Å². The van der Waals surface area contributed by atoms with Crippen molar-refractivity contribution in [2.24, 2.45) is 0 Å². The Labute approximate surface area is 107 Å². The lowest BCUT2D eigenvalue weighted by Gasteiger charge is -2.41.